The van der Waals surface area contributed by atoms with Crippen molar-refractivity contribution >= 4 is 33.0 Å². The number of hydrogen-bond acceptors (Lipinski definition) is 3. The van der Waals surface area contributed by atoms with Crippen LogP contribution >= 0.6 is 27.3 Å². The molecule has 1 N–H and O–H groups in total. The summed E-state index contributed by atoms with van der Waals surface area (Å²) in [7, 11) is 1.70. The van der Waals surface area contributed by atoms with Crippen LogP contribution in [0.4, 0.5) is 5.69 Å². The zero-order chi connectivity index (χ0) is 13.1. The first-order chi connectivity index (χ1) is 8.61. The van der Waals surface area contributed by atoms with Crippen LogP contribution in [-0.4, -0.2) is 7.11 Å². The molecule has 96 valence electrons. The van der Waals surface area contributed by atoms with Crippen molar-refractivity contribution in [2.24, 2.45) is 0 Å². The Morgan fingerprint density at radius 1 is 1.33 bits per heavy atom. The molecule has 0 amide bonds. The molecule has 1 aromatic carbocycles. The summed E-state index contributed by atoms with van der Waals surface area (Å²) in [5.41, 5.74) is 2.22. The van der Waals surface area contributed by atoms with Crippen LogP contribution in [0, 0.1) is 6.92 Å². The van der Waals surface area contributed by atoms with E-state index in [1.165, 1.54) is 10.4 Å². The van der Waals surface area contributed by atoms with E-state index in [1.807, 2.05) is 6.07 Å². The van der Waals surface area contributed by atoms with E-state index < -0.39 is 0 Å². The maximum Gasteiger partial charge on any atom is 0.142 e. The molecule has 0 bridgehead atoms. The highest BCUT2D eigenvalue weighted by molar-refractivity contribution is 9.10. The lowest BCUT2D eigenvalue weighted by atomic mass is 10.2. The van der Waals surface area contributed by atoms with Gasteiger partial charge in [0.1, 0.15) is 5.75 Å². The van der Waals surface area contributed by atoms with Gasteiger partial charge in [0.15, 0.2) is 0 Å². The Labute approximate surface area is 120 Å². The van der Waals surface area contributed by atoms with Gasteiger partial charge in [-0.25, -0.2) is 0 Å². The number of halogens is 1. The van der Waals surface area contributed by atoms with Gasteiger partial charge >= 0.3 is 0 Å². The molecule has 0 aliphatic carbocycles. The van der Waals surface area contributed by atoms with Gasteiger partial charge in [-0.1, -0.05) is 6.07 Å². The molecule has 1 aromatic heterocycles. The fourth-order valence-electron chi connectivity index (χ4n) is 1.83. The summed E-state index contributed by atoms with van der Waals surface area (Å²) in [6, 6.07) is 8.51. The van der Waals surface area contributed by atoms with Crippen molar-refractivity contribution in [1.29, 1.82) is 0 Å². The highest BCUT2D eigenvalue weighted by Gasteiger charge is 2.12. The van der Waals surface area contributed by atoms with E-state index in [4.69, 9.17) is 4.74 Å². The molecular formula is C14H16BrNOS. The molecule has 2 nitrogen and oxygen atoms in total. The van der Waals surface area contributed by atoms with Gasteiger partial charge in [0, 0.05) is 9.35 Å². The van der Waals surface area contributed by atoms with Gasteiger partial charge in [-0.2, -0.15) is 0 Å². The minimum absolute atomic E-state index is 0.246. The number of hydrogen-bond donors (Lipinski definition) is 1. The fourth-order valence-corrected chi connectivity index (χ4v) is 3.56. The van der Waals surface area contributed by atoms with Gasteiger partial charge in [-0.15, -0.1) is 11.3 Å². The van der Waals surface area contributed by atoms with Crippen molar-refractivity contribution in [1.82, 2.24) is 0 Å². The SMILES string of the molecule is COc1cc(C)ccc1NC(C)c1sccc1Br. The van der Waals surface area contributed by atoms with Crippen molar-refractivity contribution in [2.75, 3.05) is 12.4 Å². The van der Waals surface area contributed by atoms with Crippen LogP contribution in [0.1, 0.15) is 23.4 Å². The largest absolute Gasteiger partial charge is 0.495 e. The Balaban J connectivity index is 2.21. The number of anilines is 1. The molecule has 0 aliphatic heterocycles. The number of methoxy groups -OCH3 is 1. The summed E-state index contributed by atoms with van der Waals surface area (Å²) in [6.45, 7) is 4.21. The minimum Gasteiger partial charge on any atom is -0.495 e. The Morgan fingerprint density at radius 2 is 2.11 bits per heavy atom. The minimum atomic E-state index is 0.246. The molecule has 1 atom stereocenters. The Hall–Kier alpha value is -1.00. The molecule has 0 saturated carbocycles. The maximum absolute atomic E-state index is 5.40. The second-order valence-electron chi connectivity index (χ2n) is 4.20. The summed E-state index contributed by atoms with van der Waals surface area (Å²) < 4.78 is 6.56. The highest BCUT2D eigenvalue weighted by Crippen LogP contribution is 2.34. The summed E-state index contributed by atoms with van der Waals surface area (Å²) in [6.07, 6.45) is 0. The molecule has 0 radical (unpaired) electrons. The summed E-state index contributed by atoms with van der Waals surface area (Å²) in [5, 5.41) is 5.57. The number of aryl methyl sites for hydroxylation is 1. The molecule has 2 rings (SSSR count). The number of ether oxygens (including phenoxy) is 1. The Kier molecular flexibility index (Phi) is 4.30. The van der Waals surface area contributed by atoms with Gasteiger partial charge < -0.3 is 10.1 Å². The van der Waals surface area contributed by atoms with Crippen molar-refractivity contribution in [3.8, 4) is 5.75 Å². The predicted molar refractivity (Wildman–Crippen MR) is 81.8 cm³/mol. The molecule has 0 aliphatic rings. The van der Waals surface area contributed by atoms with Crippen LogP contribution in [0.25, 0.3) is 0 Å². The molecule has 0 spiro atoms. The second-order valence-corrected chi connectivity index (χ2v) is 6.00. The van der Waals surface area contributed by atoms with E-state index >= 15 is 0 Å². The summed E-state index contributed by atoms with van der Waals surface area (Å²) in [5.74, 6) is 0.884. The topological polar surface area (TPSA) is 21.3 Å². The fraction of sp³-hybridized carbons (Fsp3) is 0.286. The smallest absolute Gasteiger partial charge is 0.142 e. The average Bonchev–Trinajstić information content (AvgIpc) is 2.77. The van der Waals surface area contributed by atoms with Gasteiger partial charge in [0.2, 0.25) is 0 Å². The number of rotatable bonds is 4. The first-order valence-corrected chi connectivity index (χ1v) is 7.43. The van der Waals surface area contributed by atoms with Crippen LogP contribution in [0.2, 0.25) is 0 Å². The van der Waals surface area contributed by atoms with E-state index in [2.05, 4.69) is 58.7 Å². The van der Waals surface area contributed by atoms with E-state index in [9.17, 15) is 0 Å². The van der Waals surface area contributed by atoms with Crippen molar-refractivity contribution in [3.05, 3.63) is 44.6 Å². The molecule has 1 heterocycles. The molecule has 1 unspecified atom stereocenters. The Bertz CT molecular complexity index is 538. The second kappa shape index (κ2) is 5.76. The third-order valence-corrected chi connectivity index (χ3v) is 4.82. The van der Waals surface area contributed by atoms with Crippen LogP contribution in [-0.2, 0) is 0 Å². The van der Waals surface area contributed by atoms with E-state index in [0.717, 1.165) is 15.9 Å². The average molecular weight is 326 g/mol. The van der Waals surface area contributed by atoms with Gasteiger partial charge in [0.25, 0.3) is 0 Å². The van der Waals surface area contributed by atoms with Gasteiger partial charge in [0.05, 0.1) is 18.8 Å². The van der Waals surface area contributed by atoms with Crippen LogP contribution in [0.15, 0.2) is 34.1 Å². The van der Waals surface area contributed by atoms with Gasteiger partial charge in [-0.05, 0) is 58.9 Å². The highest BCUT2D eigenvalue weighted by atomic mass is 79.9. The van der Waals surface area contributed by atoms with Crippen LogP contribution in [0.3, 0.4) is 0 Å². The normalized spacial score (nSPS) is 12.2. The quantitative estimate of drug-likeness (QED) is 0.853. The molecule has 4 heteroatoms. The van der Waals surface area contributed by atoms with Gasteiger partial charge in [-0.3, -0.25) is 0 Å². The molecular weight excluding hydrogens is 310 g/mol. The molecule has 0 fully saturated rings. The van der Waals surface area contributed by atoms with Crippen LogP contribution < -0.4 is 10.1 Å². The molecule has 0 saturated heterocycles. The lowest BCUT2D eigenvalue weighted by molar-refractivity contribution is 0.416. The first-order valence-electron chi connectivity index (χ1n) is 5.76. The number of nitrogens with one attached hydrogen (secondary N) is 1. The van der Waals surface area contributed by atoms with Crippen molar-refractivity contribution in [2.45, 2.75) is 19.9 Å². The lowest BCUT2D eigenvalue weighted by Crippen LogP contribution is -2.06. The van der Waals surface area contributed by atoms with E-state index in [1.54, 1.807) is 18.4 Å². The summed E-state index contributed by atoms with van der Waals surface area (Å²) in [4.78, 5) is 1.29. The standard InChI is InChI=1S/C14H16BrNOS/c1-9-4-5-12(13(8-9)17-3)16-10(2)14-11(15)6-7-18-14/h4-8,10,16H,1-3H3. The van der Waals surface area contributed by atoms with Crippen molar-refractivity contribution < 1.29 is 4.74 Å². The van der Waals surface area contributed by atoms with Crippen LogP contribution in [0.5, 0.6) is 5.75 Å². The predicted octanol–water partition coefficient (Wildman–Crippen LogP) is 5.00. The monoisotopic (exact) mass is 325 g/mol. The zero-order valence-corrected chi connectivity index (χ0v) is 13.1. The number of benzene rings is 1. The molecule has 18 heavy (non-hydrogen) atoms. The van der Waals surface area contributed by atoms with E-state index in [0.29, 0.717) is 0 Å². The zero-order valence-electron chi connectivity index (χ0n) is 10.7. The first kappa shape index (κ1) is 13.4. The third-order valence-electron chi connectivity index (χ3n) is 2.77. The number of thiophene rings is 1. The van der Waals surface area contributed by atoms with E-state index in [-0.39, 0.29) is 6.04 Å². The van der Waals surface area contributed by atoms with Crippen molar-refractivity contribution in [3.63, 3.8) is 0 Å². The molecule has 2 aromatic rings. The summed E-state index contributed by atoms with van der Waals surface area (Å²) >= 11 is 5.31. The Morgan fingerprint density at radius 3 is 2.72 bits per heavy atom. The third kappa shape index (κ3) is 2.87. The maximum atomic E-state index is 5.40. The lowest BCUT2D eigenvalue weighted by Gasteiger charge is -2.17.